The molecule has 0 bridgehead atoms. The third-order valence-electron chi connectivity index (χ3n) is 0.780. The summed E-state index contributed by atoms with van der Waals surface area (Å²) in [6.07, 6.45) is 0.854. The van der Waals surface area contributed by atoms with Crippen LogP contribution in [0, 0.1) is 0 Å². The number of rotatable bonds is 0. The molecule has 0 N–H and O–H groups in total. The molecule has 0 saturated carbocycles. The van der Waals surface area contributed by atoms with E-state index in [2.05, 4.69) is 0 Å². The Morgan fingerprint density at radius 1 is 1.38 bits per heavy atom. The molecule has 1 saturated heterocycles. The summed E-state index contributed by atoms with van der Waals surface area (Å²) < 4.78 is 20.3. The fraction of sp³-hybridized carbons (Fsp3) is 1.00. The van der Waals surface area contributed by atoms with E-state index in [1.165, 1.54) is 0 Å². The molecular weight excluding hydrogens is 242 g/mol. The molecule has 5 heteroatoms. The normalized spacial score (nSPS) is 27.6. The Hall–Kier alpha value is 0.880. The smallest absolute Gasteiger partial charge is 0.301 e. The number of hydrogen-bond acceptors (Lipinski definition) is 3. The topological polar surface area (TPSA) is 35.5 Å². The average molecular weight is 248 g/mol. The predicted molar refractivity (Wildman–Crippen MR) is 38.1 cm³/mol. The fourth-order valence-corrected chi connectivity index (χ4v) is 2.39. The summed E-state index contributed by atoms with van der Waals surface area (Å²) >= 11 is 1.70. The van der Waals surface area contributed by atoms with E-state index in [1.807, 2.05) is 0 Å². The van der Waals surface area contributed by atoms with Gasteiger partial charge in [-0.1, -0.05) is 0 Å². The lowest BCUT2D eigenvalue weighted by atomic mass is 10.5. The summed E-state index contributed by atoms with van der Waals surface area (Å²) in [7, 11) is 0. The van der Waals surface area contributed by atoms with Gasteiger partial charge >= 0.3 is 5.24 Å². The molecule has 0 atom stereocenters. The van der Waals surface area contributed by atoms with Gasteiger partial charge < -0.3 is 9.05 Å². The Morgan fingerprint density at radius 3 is 2.12 bits per heavy atom. The predicted octanol–water partition coefficient (Wildman–Crippen LogP) is 1.97. The van der Waals surface area contributed by atoms with Crippen molar-refractivity contribution in [3.05, 3.63) is 0 Å². The Kier molecular flexibility index (Phi) is 2.31. The Bertz CT molecular complexity index is 116. The van der Waals surface area contributed by atoms with Gasteiger partial charge in [-0.05, 0) is 6.42 Å². The van der Waals surface area contributed by atoms with E-state index >= 15 is 0 Å². The molecule has 0 aromatic carbocycles. The first-order valence-corrected chi connectivity index (χ1v) is 6.62. The summed E-state index contributed by atoms with van der Waals surface area (Å²) in [4.78, 5) is 0. The third kappa shape index (κ3) is 2.01. The van der Waals surface area contributed by atoms with E-state index in [9.17, 15) is 4.57 Å². The van der Waals surface area contributed by atoms with Gasteiger partial charge in [0.05, 0.1) is 35.3 Å². The van der Waals surface area contributed by atoms with Crippen LogP contribution in [0.3, 0.4) is 0 Å². The zero-order valence-electron chi connectivity index (χ0n) is 4.17. The van der Waals surface area contributed by atoms with Crippen molar-refractivity contribution in [2.45, 2.75) is 6.42 Å². The second-order valence-electron chi connectivity index (χ2n) is 1.45. The first-order chi connectivity index (χ1) is 3.71. The lowest BCUT2D eigenvalue weighted by molar-refractivity contribution is 0.162. The van der Waals surface area contributed by atoms with Crippen LogP contribution in [0.15, 0.2) is 0 Å². The highest BCUT2D eigenvalue weighted by Gasteiger charge is 2.22. The number of hydrogen-bond donors (Lipinski definition) is 0. The number of halogens is 1. The molecule has 0 radical (unpaired) electrons. The first kappa shape index (κ1) is 6.99. The summed E-state index contributed by atoms with van der Waals surface area (Å²) in [5, 5.41) is -2.62. The van der Waals surface area contributed by atoms with E-state index in [1.54, 1.807) is 22.0 Å². The van der Waals surface area contributed by atoms with E-state index in [4.69, 9.17) is 9.05 Å². The molecule has 3 nitrogen and oxygen atoms in total. The molecule has 0 amide bonds. The van der Waals surface area contributed by atoms with Crippen LogP contribution in [-0.4, -0.2) is 13.2 Å². The SMILES string of the molecule is O=P1(I)OCCCO1. The monoisotopic (exact) mass is 248 g/mol. The van der Waals surface area contributed by atoms with Gasteiger partial charge in [0.15, 0.2) is 0 Å². The second-order valence-corrected chi connectivity index (χ2v) is 6.37. The average Bonchev–Trinajstić information content (AvgIpc) is 1.65. The molecule has 0 aromatic heterocycles. The molecule has 1 aliphatic rings. The summed E-state index contributed by atoms with van der Waals surface area (Å²) in [6, 6.07) is 0. The minimum atomic E-state index is -2.62. The molecular formula is C3H6IO3P. The summed E-state index contributed by atoms with van der Waals surface area (Å²) in [6.45, 7) is 1.14. The van der Waals surface area contributed by atoms with Crippen LogP contribution in [0.4, 0.5) is 0 Å². The van der Waals surface area contributed by atoms with Gasteiger partial charge in [0.2, 0.25) is 0 Å². The van der Waals surface area contributed by atoms with Crippen molar-refractivity contribution in [1.82, 2.24) is 0 Å². The highest BCUT2D eigenvalue weighted by molar-refractivity contribution is 14.2. The van der Waals surface area contributed by atoms with Gasteiger partial charge in [0.1, 0.15) is 0 Å². The van der Waals surface area contributed by atoms with E-state index in [0.717, 1.165) is 6.42 Å². The molecule has 0 aliphatic carbocycles. The van der Waals surface area contributed by atoms with Crippen LogP contribution in [0.5, 0.6) is 0 Å². The maximum absolute atomic E-state index is 10.8. The summed E-state index contributed by atoms with van der Waals surface area (Å²) in [5.74, 6) is 0. The largest absolute Gasteiger partial charge is 0.388 e. The van der Waals surface area contributed by atoms with Crippen LogP contribution in [0.2, 0.25) is 0 Å². The van der Waals surface area contributed by atoms with Crippen molar-refractivity contribution < 1.29 is 13.6 Å². The highest BCUT2D eigenvalue weighted by Crippen LogP contribution is 2.58. The molecule has 0 aromatic rings. The highest BCUT2D eigenvalue weighted by atomic mass is 127. The molecule has 0 unspecified atom stereocenters. The van der Waals surface area contributed by atoms with Gasteiger partial charge in [-0.25, -0.2) is 4.57 Å². The van der Waals surface area contributed by atoms with Crippen LogP contribution in [0.25, 0.3) is 0 Å². The second kappa shape index (κ2) is 2.64. The lowest BCUT2D eigenvalue weighted by Gasteiger charge is -2.16. The van der Waals surface area contributed by atoms with Crippen LogP contribution in [0.1, 0.15) is 6.42 Å². The molecule has 0 spiro atoms. The molecule has 48 valence electrons. The van der Waals surface area contributed by atoms with Crippen LogP contribution >= 0.6 is 27.3 Å². The molecule has 8 heavy (non-hydrogen) atoms. The molecule has 1 aliphatic heterocycles. The fourth-order valence-electron chi connectivity index (χ4n) is 0.443. The van der Waals surface area contributed by atoms with E-state index in [-0.39, 0.29) is 0 Å². The Balaban J connectivity index is 2.45. The zero-order chi connectivity index (χ0) is 6.04. The Labute approximate surface area is 60.8 Å². The standard InChI is InChI=1S/C3H6IO3P/c4-8(5)6-2-1-3-7-8/h1-3H2. The van der Waals surface area contributed by atoms with Crippen molar-refractivity contribution in [3.63, 3.8) is 0 Å². The molecule has 1 rings (SSSR count). The van der Waals surface area contributed by atoms with Crippen LogP contribution < -0.4 is 0 Å². The lowest BCUT2D eigenvalue weighted by Crippen LogP contribution is -2.03. The van der Waals surface area contributed by atoms with Gasteiger partial charge in [-0.15, -0.1) is 0 Å². The van der Waals surface area contributed by atoms with Crippen LogP contribution in [-0.2, 0) is 13.6 Å². The summed E-state index contributed by atoms with van der Waals surface area (Å²) in [5.41, 5.74) is 0. The minimum absolute atomic E-state index is 0.570. The Morgan fingerprint density at radius 2 is 1.88 bits per heavy atom. The van der Waals surface area contributed by atoms with Gasteiger partial charge in [0.25, 0.3) is 0 Å². The molecule has 1 fully saturated rings. The van der Waals surface area contributed by atoms with Gasteiger partial charge in [-0.2, -0.15) is 0 Å². The van der Waals surface area contributed by atoms with Crippen molar-refractivity contribution in [2.75, 3.05) is 13.2 Å². The van der Waals surface area contributed by atoms with Gasteiger partial charge in [-0.3, -0.25) is 0 Å². The van der Waals surface area contributed by atoms with E-state index < -0.39 is 5.24 Å². The zero-order valence-corrected chi connectivity index (χ0v) is 7.22. The minimum Gasteiger partial charge on any atom is -0.301 e. The van der Waals surface area contributed by atoms with Crippen molar-refractivity contribution in [2.24, 2.45) is 0 Å². The van der Waals surface area contributed by atoms with E-state index in [0.29, 0.717) is 13.2 Å². The van der Waals surface area contributed by atoms with Gasteiger partial charge in [0, 0.05) is 0 Å². The first-order valence-electron chi connectivity index (χ1n) is 2.29. The van der Waals surface area contributed by atoms with Crippen molar-refractivity contribution >= 4 is 27.3 Å². The quantitative estimate of drug-likeness (QED) is 0.485. The molecule has 1 heterocycles. The van der Waals surface area contributed by atoms with Crippen molar-refractivity contribution in [1.29, 1.82) is 0 Å². The maximum Gasteiger partial charge on any atom is 0.388 e. The maximum atomic E-state index is 10.8. The van der Waals surface area contributed by atoms with Crippen molar-refractivity contribution in [3.8, 4) is 0 Å². The third-order valence-corrected chi connectivity index (χ3v) is 3.43.